The van der Waals surface area contributed by atoms with E-state index in [-0.39, 0.29) is 5.56 Å². The molecule has 25 heavy (non-hydrogen) atoms. The number of thiophene rings is 1. The normalized spacial score (nSPS) is 21.5. The maximum Gasteiger partial charge on any atom is 0.250 e. The Morgan fingerprint density at radius 3 is 3.20 bits per heavy atom. The molecular formula is C19H22N4OS. The number of aromatic amines is 1. The summed E-state index contributed by atoms with van der Waals surface area (Å²) in [6.07, 6.45) is 5.87. The van der Waals surface area contributed by atoms with Crippen molar-refractivity contribution in [2.75, 3.05) is 25.5 Å². The number of piperidine rings is 1. The van der Waals surface area contributed by atoms with E-state index in [0.717, 1.165) is 29.7 Å². The first-order chi connectivity index (χ1) is 12.2. The van der Waals surface area contributed by atoms with E-state index in [1.165, 1.54) is 17.7 Å². The van der Waals surface area contributed by atoms with Crippen molar-refractivity contribution < 1.29 is 0 Å². The molecule has 2 unspecified atom stereocenters. The highest BCUT2D eigenvalue weighted by Gasteiger charge is 2.31. The summed E-state index contributed by atoms with van der Waals surface area (Å²) in [6, 6.07) is 8.39. The van der Waals surface area contributed by atoms with E-state index in [0.29, 0.717) is 12.0 Å². The average Bonchev–Trinajstić information content (AvgIpc) is 3.13. The SMILES string of the molecule is CN1CCCC(CNc2cc(=O)[nH]c3cnccc23)C1c1cccs1. The maximum atomic E-state index is 11.9. The van der Waals surface area contributed by atoms with E-state index >= 15 is 0 Å². The molecule has 0 amide bonds. The lowest BCUT2D eigenvalue weighted by molar-refractivity contribution is 0.130. The van der Waals surface area contributed by atoms with Gasteiger partial charge in [-0.2, -0.15) is 0 Å². The van der Waals surface area contributed by atoms with Gasteiger partial charge in [0, 0.05) is 40.8 Å². The van der Waals surface area contributed by atoms with Gasteiger partial charge in [0.15, 0.2) is 0 Å². The Kier molecular flexibility index (Phi) is 4.55. The molecule has 0 aromatic carbocycles. The third kappa shape index (κ3) is 3.32. The van der Waals surface area contributed by atoms with Gasteiger partial charge in [-0.1, -0.05) is 6.07 Å². The Morgan fingerprint density at radius 2 is 2.36 bits per heavy atom. The molecule has 0 radical (unpaired) electrons. The van der Waals surface area contributed by atoms with Crippen LogP contribution in [0.2, 0.25) is 0 Å². The van der Waals surface area contributed by atoms with Crippen molar-refractivity contribution in [3.63, 3.8) is 0 Å². The largest absolute Gasteiger partial charge is 0.384 e. The Morgan fingerprint density at radius 1 is 1.44 bits per heavy atom. The standard InChI is InChI=1S/C19H22N4OS/c1-23-8-2-4-13(19(23)17-5-3-9-25-17)11-21-15-10-18(24)22-16-12-20-7-6-14(15)16/h3,5-7,9-10,12-13,19H,2,4,8,11H2,1H3,(H2,21,22,24). The molecule has 1 aliphatic heterocycles. The fourth-order valence-corrected chi connectivity index (χ4v) is 4.86. The average molecular weight is 354 g/mol. The summed E-state index contributed by atoms with van der Waals surface area (Å²) in [5.74, 6) is 0.522. The van der Waals surface area contributed by atoms with Gasteiger partial charge in [0.1, 0.15) is 0 Å². The van der Waals surface area contributed by atoms with Gasteiger partial charge in [-0.25, -0.2) is 0 Å². The number of hydrogen-bond donors (Lipinski definition) is 2. The highest BCUT2D eigenvalue weighted by atomic mass is 32.1. The van der Waals surface area contributed by atoms with Crippen LogP contribution in [-0.4, -0.2) is 35.0 Å². The second-order valence-corrected chi connectivity index (χ2v) is 7.67. The summed E-state index contributed by atoms with van der Waals surface area (Å²) in [5.41, 5.74) is 1.56. The van der Waals surface area contributed by atoms with Crippen molar-refractivity contribution >= 4 is 27.9 Å². The third-order valence-corrected chi connectivity index (χ3v) is 5.98. The smallest absolute Gasteiger partial charge is 0.250 e. The van der Waals surface area contributed by atoms with Gasteiger partial charge in [-0.05, 0) is 49.9 Å². The molecule has 5 nitrogen and oxygen atoms in total. The van der Waals surface area contributed by atoms with Crippen LogP contribution in [0.1, 0.15) is 23.8 Å². The van der Waals surface area contributed by atoms with Gasteiger partial charge in [0.2, 0.25) is 0 Å². The number of nitrogens with one attached hydrogen (secondary N) is 2. The zero-order valence-corrected chi connectivity index (χ0v) is 15.1. The van der Waals surface area contributed by atoms with Crippen molar-refractivity contribution in [1.82, 2.24) is 14.9 Å². The zero-order valence-electron chi connectivity index (χ0n) is 14.2. The fourth-order valence-electron chi connectivity index (χ4n) is 3.88. The van der Waals surface area contributed by atoms with Crippen LogP contribution in [0.3, 0.4) is 0 Å². The van der Waals surface area contributed by atoms with Crippen LogP contribution in [0.5, 0.6) is 0 Å². The van der Waals surface area contributed by atoms with E-state index < -0.39 is 0 Å². The minimum atomic E-state index is -0.0985. The Bertz CT molecular complexity index is 905. The van der Waals surface area contributed by atoms with Crippen molar-refractivity contribution in [3.05, 3.63) is 57.3 Å². The number of fused-ring (bicyclic) bond motifs is 1. The van der Waals surface area contributed by atoms with Crippen molar-refractivity contribution in [2.45, 2.75) is 18.9 Å². The van der Waals surface area contributed by atoms with Gasteiger partial charge in [0.25, 0.3) is 5.56 Å². The van der Waals surface area contributed by atoms with Gasteiger partial charge in [-0.15, -0.1) is 11.3 Å². The molecule has 0 bridgehead atoms. The van der Waals surface area contributed by atoms with Gasteiger partial charge >= 0.3 is 0 Å². The van der Waals surface area contributed by atoms with Crippen LogP contribution in [0, 0.1) is 5.92 Å². The Balaban J connectivity index is 1.59. The minimum Gasteiger partial charge on any atom is -0.384 e. The lowest BCUT2D eigenvalue weighted by atomic mass is 9.88. The van der Waals surface area contributed by atoms with Crippen LogP contribution in [-0.2, 0) is 0 Å². The molecule has 4 heterocycles. The zero-order chi connectivity index (χ0) is 17.2. The van der Waals surface area contributed by atoms with E-state index in [9.17, 15) is 4.79 Å². The monoisotopic (exact) mass is 354 g/mol. The highest BCUT2D eigenvalue weighted by Crippen LogP contribution is 2.37. The topological polar surface area (TPSA) is 61.0 Å². The molecule has 4 rings (SSSR count). The molecule has 6 heteroatoms. The maximum absolute atomic E-state index is 11.9. The number of pyridine rings is 2. The van der Waals surface area contributed by atoms with Crippen LogP contribution >= 0.6 is 11.3 Å². The second-order valence-electron chi connectivity index (χ2n) is 6.69. The van der Waals surface area contributed by atoms with E-state index in [1.807, 2.05) is 17.4 Å². The summed E-state index contributed by atoms with van der Waals surface area (Å²) in [6.45, 7) is 1.99. The molecule has 2 N–H and O–H groups in total. The number of aromatic nitrogens is 2. The predicted octanol–water partition coefficient (Wildman–Crippen LogP) is 3.48. The molecule has 0 spiro atoms. The van der Waals surface area contributed by atoms with E-state index in [2.05, 4.69) is 44.7 Å². The number of hydrogen-bond acceptors (Lipinski definition) is 5. The molecule has 1 fully saturated rings. The highest BCUT2D eigenvalue weighted by molar-refractivity contribution is 7.10. The number of nitrogens with zero attached hydrogens (tertiary/aromatic N) is 2. The lowest BCUT2D eigenvalue weighted by Crippen LogP contribution is -2.38. The van der Waals surface area contributed by atoms with Crippen molar-refractivity contribution in [1.29, 1.82) is 0 Å². The van der Waals surface area contributed by atoms with Crippen LogP contribution < -0.4 is 10.9 Å². The third-order valence-electron chi connectivity index (χ3n) is 5.04. The Hall–Kier alpha value is -2.18. The molecule has 1 saturated heterocycles. The van der Waals surface area contributed by atoms with Crippen LogP contribution in [0.4, 0.5) is 5.69 Å². The van der Waals surface area contributed by atoms with Crippen molar-refractivity contribution in [3.8, 4) is 0 Å². The number of rotatable bonds is 4. The predicted molar refractivity (Wildman–Crippen MR) is 103 cm³/mol. The first kappa shape index (κ1) is 16.3. The Labute approximate surface area is 150 Å². The molecule has 2 atom stereocenters. The number of likely N-dealkylation sites (tertiary alicyclic amines) is 1. The van der Waals surface area contributed by atoms with Crippen LogP contribution in [0.25, 0.3) is 10.9 Å². The summed E-state index contributed by atoms with van der Waals surface area (Å²) in [5, 5.41) is 6.70. The first-order valence-corrected chi connectivity index (χ1v) is 9.55. The van der Waals surface area contributed by atoms with E-state index in [4.69, 9.17) is 0 Å². The summed E-state index contributed by atoms with van der Waals surface area (Å²) < 4.78 is 0. The van der Waals surface area contributed by atoms with E-state index in [1.54, 1.807) is 18.5 Å². The molecule has 3 aromatic heterocycles. The van der Waals surface area contributed by atoms with Crippen molar-refractivity contribution in [2.24, 2.45) is 5.92 Å². The van der Waals surface area contributed by atoms with Crippen LogP contribution in [0.15, 0.2) is 46.8 Å². The molecule has 130 valence electrons. The minimum absolute atomic E-state index is 0.0985. The van der Waals surface area contributed by atoms with Gasteiger partial charge in [-0.3, -0.25) is 14.7 Å². The summed E-state index contributed by atoms with van der Waals surface area (Å²) in [4.78, 5) is 22.8. The summed E-state index contributed by atoms with van der Waals surface area (Å²) in [7, 11) is 2.21. The lowest BCUT2D eigenvalue weighted by Gasteiger charge is -2.39. The molecule has 0 aliphatic carbocycles. The quantitative estimate of drug-likeness (QED) is 0.753. The number of H-pyrrole nitrogens is 1. The van der Waals surface area contributed by atoms with Gasteiger partial charge < -0.3 is 10.3 Å². The molecule has 0 saturated carbocycles. The summed E-state index contributed by atoms with van der Waals surface area (Å²) >= 11 is 1.83. The fraction of sp³-hybridized carbons (Fsp3) is 0.368. The molecule has 1 aliphatic rings. The van der Waals surface area contributed by atoms with Gasteiger partial charge in [0.05, 0.1) is 11.7 Å². The second kappa shape index (κ2) is 6.98. The molecular weight excluding hydrogens is 332 g/mol. The molecule has 3 aromatic rings. The number of anilines is 1. The first-order valence-electron chi connectivity index (χ1n) is 8.67.